The highest BCUT2D eigenvalue weighted by molar-refractivity contribution is 5.92. The van der Waals surface area contributed by atoms with Crippen molar-refractivity contribution in [1.82, 2.24) is 14.8 Å². The Labute approximate surface area is 136 Å². The molecule has 0 aliphatic carbocycles. The van der Waals surface area contributed by atoms with Crippen LogP contribution in [0.2, 0.25) is 0 Å². The number of aromatic amines is 1. The normalized spacial score (nSPS) is 15.6. The molecule has 1 aromatic heterocycles. The molecule has 0 radical (unpaired) electrons. The van der Waals surface area contributed by atoms with Gasteiger partial charge in [0.15, 0.2) is 5.58 Å². The van der Waals surface area contributed by atoms with E-state index < -0.39 is 11.8 Å². The van der Waals surface area contributed by atoms with Crippen molar-refractivity contribution in [2.45, 2.75) is 6.42 Å². The summed E-state index contributed by atoms with van der Waals surface area (Å²) in [5, 5.41) is 11.7. The second-order valence-corrected chi connectivity index (χ2v) is 5.63. The molecule has 0 atom stereocenters. The molecule has 0 spiro atoms. The maximum atomic E-state index is 12.0. The van der Waals surface area contributed by atoms with E-state index in [-0.39, 0.29) is 5.91 Å². The monoisotopic (exact) mass is 334 g/mol. The molecule has 0 bridgehead atoms. The van der Waals surface area contributed by atoms with Gasteiger partial charge in [-0.1, -0.05) is 0 Å². The molecule has 1 aliphatic rings. The van der Waals surface area contributed by atoms with Gasteiger partial charge in [0.1, 0.15) is 0 Å². The summed E-state index contributed by atoms with van der Waals surface area (Å²) in [5.74, 6) is -0.679. The van der Waals surface area contributed by atoms with Crippen LogP contribution in [0, 0.1) is 0 Å². The number of anilines is 1. The van der Waals surface area contributed by atoms with Gasteiger partial charge in [0, 0.05) is 50.9 Å². The number of benzene rings is 1. The van der Waals surface area contributed by atoms with Crippen LogP contribution >= 0.6 is 0 Å². The number of piperazine rings is 1. The molecule has 1 aromatic carbocycles. The molecule has 2 heterocycles. The second-order valence-electron chi connectivity index (χ2n) is 5.63. The van der Waals surface area contributed by atoms with E-state index in [1.807, 2.05) is 0 Å². The van der Waals surface area contributed by atoms with Crippen molar-refractivity contribution in [3.8, 4) is 0 Å². The Hall–Kier alpha value is -2.81. The number of aromatic nitrogens is 1. The minimum absolute atomic E-state index is 0.145. The number of fused-ring (bicyclic) bond motifs is 1. The maximum absolute atomic E-state index is 12.0. The molecular weight excluding hydrogens is 316 g/mol. The number of carboxylic acid groups (broad SMARTS) is 1. The molecule has 1 saturated heterocycles. The Morgan fingerprint density at radius 3 is 2.71 bits per heavy atom. The summed E-state index contributed by atoms with van der Waals surface area (Å²) in [4.78, 5) is 39.9. The first kappa shape index (κ1) is 16.1. The maximum Gasteiger partial charge on any atom is 0.417 e. The molecule has 1 aliphatic heterocycles. The number of amides is 2. The highest BCUT2D eigenvalue weighted by Crippen LogP contribution is 2.16. The highest BCUT2D eigenvalue weighted by Gasteiger charge is 2.20. The third-order valence-corrected chi connectivity index (χ3v) is 4.00. The van der Waals surface area contributed by atoms with Gasteiger partial charge in [-0.15, -0.1) is 0 Å². The number of hydrogen-bond acceptors (Lipinski definition) is 5. The van der Waals surface area contributed by atoms with Crippen molar-refractivity contribution in [2.75, 3.05) is 38.0 Å². The van der Waals surface area contributed by atoms with Crippen molar-refractivity contribution < 1.29 is 19.1 Å². The third kappa shape index (κ3) is 3.74. The largest absolute Gasteiger partial charge is 0.465 e. The van der Waals surface area contributed by atoms with Gasteiger partial charge in [0.05, 0.1) is 5.52 Å². The molecule has 128 valence electrons. The summed E-state index contributed by atoms with van der Waals surface area (Å²) in [6.07, 6.45) is -0.596. The second kappa shape index (κ2) is 6.75. The lowest BCUT2D eigenvalue weighted by molar-refractivity contribution is -0.116. The number of nitrogens with zero attached hydrogens (tertiary/aromatic N) is 2. The SMILES string of the molecule is O=C(CCN1CCN(C(=O)O)CC1)Nc1ccc2[nH]c(=O)oc2c1. The first-order valence-electron chi connectivity index (χ1n) is 7.64. The summed E-state index contributed by atoms with van der Waals surface area (Å²) in [6, 6.07) is 4.95. The fourth-order valence-corrected chi connectivity index (χ4v) is 2.67. The lowest BCUT2D eigenvalue weighted by Gasteiger charge is -2.32. The van der Waals surface area contributed by atoms with E-state index >= 15 is 0 Å². The summed E-state index contributed by atoms with van der Waals surface area (Å²) >= 11 is 0. The molecule has 3 N–H and O–H groups in total. The molecule has 24 heavy (non-hydrogen) atoms. The van der Waals surface area contributed by atoms with Crippen LogP contribution in [0.15, 0.2) is 27.4 Å². The van der Waals surface area contributed by atoms with Gasteiger partial charge in [-0.2, -0.15) is 0 Å². The summed E-state index contributed by atoms with van der Waals surface area (Å²) < 4.78 is 4.95. The molecular formula is C15H18N4O5. The van der Waals surface area contributed by atoms with E-state index in [4.69, 9.17) is 9.52 Å². The van der Waals surface area contributed by atoms with E-state index in [1.165, 1.54) is 4.90 Å². The van der Waals surface area contributed by atoms with Crippen molar-refractivity contribution in [3.63, 3.8) is 0 Å². The summed E-state index contributed by atoms with van der Waals surface area (Å²) in [7, 11) is 0. The van der Waals surface area contributed by atoms with Gasteiger partial charge in [0.25, 0.3) is 0 Å². The molecule has 3 rings (SSSR count). The van der Waals surface area contributed by atoms with Gasteiger partial charge in [-0.25, -0.2) is 9.59 Å². The minimum Gasteiger partial charge on any atom is -0.465 e. The quantitative estimate of drug-likeness (QED) is 0.759. The Morgan fingerprint density at radius 2 is 2.00 bits per heavy atom. The standard InChI is InChI=1S/C15H18N4O5/c20-13(3-4-18-5-7-19(8-6-18)15(22)23)16-10-1-2-11-12(9-10)24-14(21)17-11/h1-2,9H,3-8H2,(H,16,20)(H,17,21)(H,22,23). The van der Waals surface area contributed by atoms with Crippen molar-refractivity contribution in [1.29, 1.82) is 0 Å². The topological polar surface area (TPSA) is 119 Å². The van der Waals surface area contributed by atoms with E-state index in [9.17, 15) is 14.4 Å². The summed E-state index contributed by atoms with van der Waals surface area (Å²) in [5.41, 5.74) is 1.53. The number of carbonyl (C=O) groups is 2. The van der Waals surface area contributed by atoms with Crippen LogP contribution in [0.4, 0.5) is 10.5 Å². The lowest BCUT2D eigenvalue weighted by atomic mass is 10.2. The number of nitrogens with one attached hydrogen (secondary N) is 2. The van der Waals surface area contributed by atoms with Crippen LogP contribution in [0.25, 0.3) is 11.1 Å². The fraction of sp³-hybridized carbons (Fsp3) is 0.400. The van der Waals surface area contributed by atoms with E-state index in [1.54, 1.807) is 18.2 Å². The zero-order valence-corrected chi connectivity index (χ0v) is 12.9. The third-order valence-electron chi connectivity index (χ3n) is 4.00. The van der Waals surface area contributed by atoms with Crippen LogP contribution < -0.4 is 11.1 Å². The lowest BCUT2D eigenvalue weighted by Crippen LogP contribution is -2.48. The minimum atomic E-state index is -0.904. The first-order chi connectivity index (χ1) is 11.5. The zero-order chi connectivity index (χ0) is 17.1. The van der Waals surface area contributed by atoms with Gasteiger partial charge in [-0.05, 0) is 12.1 Å². The van der Waals surface area contributed by atoms with E-state index in [2.05, 4.69) is 15.2 Å². The average molecular weight is 334 g/mol. The van der Waals surface area contributed by atoms with Gasteiger partial charge in [0.2, 0.25) is 5.91 Å². The first-order valence-corrected chi connectivity index (χ1v) is 7.64. The Bertz CT molecular complexity index is 804. The molecule has 9 nitrogen and oxygen atoms in total. The highest BCUT2D eigenvalue weighted by atomic mass is 16.4. The average Bonchev–Trinajstić information content (AvgIpc) is 2.92. The molecule has 0 unspecified atom stereocenters. The predicted octanol–water partition coefficient (Wildman–Crippen LogP) is 0.745. The van der Waals surface area contributed by atoms with Gasteiger partial charge >= 0.3 is 11.8 Å². The van der Waals surface area contributed by atoms with Crippen molar-refractivity contribution in [3.05, 3.63) is 28.7 Å². The smallest absolute Gasteiger partial charge is 0.417 e. The Kier molecular flexibility index (Phi) is 4.52. The zero-order valence-electron chi connectivity index (χ0n) is 12.9. The van der Waals surface area contributed by atoms with E-state index in [0.717, 1.165) is 0 Å². The number of oxazole rings is 1. The molecule has 2 aromatic rings. The number of H-pyrrole nitrogens is 1. The van der Waals surface area contributed by atoms with Gasteiger partial charge < -0.3 is 19.7 Å². The summed E-state index contributed by atoms with van der Waals surface area (Å²) in [6.45, 7) is 2.74. The van der Waals surface area contributed by atoms with Crippen LogP contribution in [0.3, 0.4) is 0 Å². The fourth-order valence-electron chi connectivity index (χ4n) is 2.67. The Morgan fingerprint density at radius 1 is 1.25 bits per heavy atom. The van der Waals surface area contributed by atoms with Crippen LogP contribution in [0.1, 0.15) is 6.42 Å². The number of hydrogen-bond donors (Lipinski definition) is 3. The molecule has 2 amide bonds. The number of rotatable bonds is 4. The molecule has 1 fully saturated rings. The van der Waals surface area contributed by atoms with Crippen LogP contribution in [-0.4, -0.2) is 64.6 Å². The van der Waals surface area contributed by atoms with Crippen molar-refractivity contribution in [2.24, 2.45) is 0 Å². The van der Waals surface area contributed by atoms with Crippen molar-refractivity contribution >= 4 is 28.8 Å². The number of carbonyl (C=O) groups excluding carboxylic acids is 1. The van der Waals surface area contributed by atoms with Crippen LogP contribution in [-0.2, 0) is 4.79 Å². The predicted molar refractivity (Wildman–Crippen MR) is 86.1 cm³/mol. The van der Waals surface area contributed by atoms with E-state index in [0.29, 0.717) is 55.9 Å². The molecule has 0 saturated carbocycles. The van der Waals surface area contributed by atoms with Crippen LogP contribution in [0.5, 0.6) is 0 Å². The molecule has 9 heteroatoms. The van der Waals surface area contributed by atoms with Gasteiger partial charge in [-0.3, -0.25) is 14.7 Å². The Balaban J connectivity index is 1.48.